The van der Waals surface area contributed by atoms with E-state index in [-0.39, 0.29) is 5.91 Å². The lowest BCUT2D eigenvalue weighted by Gasteiger charge is -2.15. The van der Waals surface area contributed by atoms with Crippen molar-refractivity contribution in [1.29, 1.82) is 0 Å². The van der Waals surface area contributed by atoms with Gasteiger partial charge in [0.05, 0.1) is 17.1 Å². The molecule has 1 aromatic carbocycles. The van der Waals surface area contributed by atoms with Crippen LogP contribution >= 0.6 is 23.2 Å². The average molecular weight is 339 g/mol. The first-order valence-electron chi connectivity index (χ1n) is 6.92. The summed E-state index contributed by atoms with van der Waals surface area (Å²) in [6.07, 6.45) is 1.45. The zero-order valence-electron chi connectivity index (χ0n) is 12.5. The van der Waals surface area contributed by atoms with Crippen LogP contribution in [-0.4, -0.2) is 24.5 Å². The van der Waals surface area contributed by atoms with E-state index >= 15 is 0 Å². The molecule has 1 atom stereocenters. The predicted octanol–water partition coefficient (Wildman–Crippen LogP) is 2.35. The molecule has 22 heavy (non-hydrogen) atoms. The van der Waals surface area contributed by atoms with Crippen molar-refractivity contribution in [3.63, 3.8) is 0 Å². The highest BCUT2D eigenvalue weighted by Crippen LogP contribution is 2.22. The van der Waals surface area contributed by atoms with Crippen molar-refractivity contribution >= 4 is 34.9 Å². The minimum absolute atomic E-state index is 0.136. The number of nitrogens with one attached hydrogen (secondary N) is 2. The zero-order valence-corrected chi connectivity index (χ0v) is 14.0. The summed E-state index contributed by atoms with van der Waals surface area (Å²) in [4.78, 5) is 17.2. The van der Waals surface area contributed by atoms with E-state index in [2.05, 4.69) is 29.4 Å². The summed E-state index contributed by atoms with van der Waals surface area (Å²) in [6.45, 7) is 3.18. The molecule has 0 radical (unpaired) electrons. The van der Waals surface area contributed by atoms with Crippen LogP contribution in [0.1, 0.15) is 11.1 Å². The fraction of sp³-hybridized carbons (Fsp3) is 0.250. The molecule has 0 saturated carbocycles. The Balaban J connectivity index is 1.93. The number of quaternary nitrogens is 1. The van der Waals surface area contributed by atoms with Crippen molar-refractivity contribution in [3.05, 3.63) is 57.7 Å². The van der Waals surface area contributed by atoms with Gasteiger partial charge in [-0.25, -0.2) is 4.98 Å². The standard InChI is InChI=1S/C16H17Cl2N3O/c1-11-5-3-4-6-12(11)9-21(2)10-15(22)20-16-14(18)7-13(17)8-19-16/h3-8H,9-10H2,1-2H3,(H,19,20,22)/p+1. The van der Waals surface area contributed by atoms with Gasteiger partial charge in [-0.3, -0.25) is 4.79 Å². The van der Waals surface area contributed by atoms with Crippen molar-refractivity contribution < 1.29 is 9.69 Å². The van der Waals surface area contributed by atoms with E-state index in [1.165, 1.54) is 17.3 Å². The van der Waals surface area contributed by atoms with Gasteiger partial charge in [-0.2, -0.15) is 0 Å². The SMILES string of the molecule is Cc1ccccc1C[NH+](C)CC(=O)Nc1ncc(Cl)cc1Cl. The van der Waals surface area contributed by atoms with Crippen LogP contribution in [0.2, 0.25) is 10.0 Å². The molecular formula is C16H18Cl2N3O+. The maximum atomic E-state index is 12.1. The fourth-order valence-corrected chi connectivity index (χ4v) is 2.58. The van der Waals surface area contributed by atoms with E-state index in [9.17, 15) is 4.79 Å². The van der Waals surface area contributed by atoms with E-state index < -0.39 is 0 Å². The Morgan fingerprint density at radius 1 is 1.32 bits per heavy atom. The van der Waals surface area contributed by atoms with Gasteiger partial charge in [-0.1, -0.05) is 47.5 Å². The van der Waals surface area contributed by atoms with Crippen LogP contribution in [0.4, 0.5) is 5.82 Å². The number of aromatic nitrogens is 1. The Morgan fingerprint density at radius 2 is 2.05 bits per heavy atom. The Morgan fingerprint density at radius 3 is 2.73 bits per heavy atom. The third-order valence-corrected chi connectivity index (χ3v) is 3.78. The molecule has 4 nitrogen and oxygen atoms in total. The van der Waals surface area contributed by atoms with Crippen molar-refractivity contribution in [1.82, 2.24) is 4.98 Å². The molecule has 0 spiro atoms. The summed E-state index contributed by atoms with van der Waals surface area (Å²) in [5.74, 6) is 0.197. The first kappa shape index (κ1) is 16.7. The molecule has 2 N–H and O–H groups in total. The molecule has 6 heteroatoms. The Kier molecular flexibility index (Phi) is 5.77. The number of amides is 1. The Labute approximate surface area is 140 Å². The first-order valence-corrected chi connectivity index (χ1v) is 7.68. The molecule has 116 valence electrons. The van der Waals surface area contributed by atoms with Gasteiger partial charge < -0.3 is 10.2 Å². The Bertz CT molecular complexity index is 676. The number of benzene rings is 1. The molecule has 0 aliphatic heterocycles. The van der Waals surface area contributed by atoms with E-state index in [4.69, 9.17) is 23.2 Å². The monoisotopic (exact) mass is 338 g/mol. The summed E-state index contributed by atoms with van der Waals surface area (Å²) in [5, 5.41) is 3.47. The van der Waals surface area contributed by atoms with Gasteiger partial charge >= 0.3 is 0 Å². The summed E-state index contributed by atoms with van der Waals surface area (Å²) >= 11 is 11.8. The van der Waals surface area contributed by atoms with Gasteiger partial charge in [-0.15, -0.1) is 0 Å². The number of nitrogens with zero attached hydrogens (tertiary/aromatic N) is 1. The smallest absolute Gasteiger partial charge is 0.280 e. The number of carbonyl (C=O) groups is 1. The maximum absolute atomic E-state index is 12.1. The molecule has 2 aromatic rings. The number of halogens is 2. The molecule has 1 unspecified atom stereocenters. The molecular weight excluding hydrogens is 321 g/mol. The highest BCUT2D eigenvalue weighted by molar-refractivity contribution is 6.36. The fourth-order valence-electron chi connectivity index (χ4n) is 2.15. The molecule has 1 amide bonds. The highest BCUT2D eigenvalue weighted by atomic mass is 35.5. The van der Waals surface area contributed by atoms with Crippen LogP contribution in [0.15, 0.2) is 36.5 Å². The normalized spacial score (nSPS) is 12.0. The average Bonchev–Trinajstić information content (AvgIpc) is 2.44. The van der Waals surface area contributed by atoms with Crippen LogP contribution < -0.4 is 10.2 Å². The molecule has 0 saturated heterocycles. The molecule has 0 aliphatic rings. The van der Waals surface area contributed by atoms with Crippen molar-refractivity contribution in [2.24, 2.45) is 0 Å². The van der Waals surface area contributed by atoms with Crippen molar-refractivity contribution in [3.8, 4) is 0 Å². The second-order valence-corrected chi connectivity index (χ2v) is 6.11. The minimum atomic E-state index is -0.136. The van der Waals surface area contributed by atoms with Gasteiger partial charge in [0.25, 0.3) is 5.91 Å². The molecule has 0 bridgehead atoms. The maximum Gasteiger partial charge on any atom is 0.280 e. The van der Waals surface area contributed by atoms with Gasteiger partial charge in [0.1, 0.15) is 6.54 Å². The molecule has 2 rings (SSSR count). The van der Waals surface area contributed by atoms with Crippen LogP contribution in [0.25, 0.3) is 0 Å². The topological polar surface area (TPSA) is 46.4 Å². The summed E-state index contributed by atoms with van der Waals surface area (Å²) in [6, 6.07) is 9.71. The number of likely N-dealkylation sites (N-methyl/N-ethyl adjacent to an activating group) is 1. The highest BCUT2D eigenvalue weighted by Gasteiger charge is 2.14. The van der Waals surface area contributed by atoms with Crippen molar-refractivity contribution in [2.75, 3.05) is 18.9 Å². The second-order valence-electron chi connectivity index (χ2n) is 5.27. The summed E-state index contributed by atoms with van der Waals surface area (Å²) in [7, 11) is 1.98. The lowest BCUT2D eigenvalue weighted by Crippen LogP contribution is -3.08. The van der Waals surface area contributed by atoms with E-state index in [1.54, 1.807) is 6.07 Å². The van der Waals surface area contributed by atoms with Crippen LogP contribution in [0.3, 0.4) is 0 Å². The van der Waals surface area contributed by atoms with Crippen LogP contribution in [0.5, 0.6) is 0 Å². The van der Waals surface area contributed by atoms with Crippen LogP contribution in [-0.2, 0) is 11.3 Å². The molecule has 0 aliphatic carbocycles. The number of hydrogen-bond donors (Lipinski definition) is 2. The number of anilines is 1. The largest absolute Gasteiger partial charge is 0.326 e. The second kappa shape index (κ2) is 7.58. The van der Waals surface area contributed by atoms with Gasteiger partial charge in [0.15, 0.2) is 12.4 Å². The van der Waals surface area contributed by atoms with Crippen LogP contribution in [0, 0.1) is 6.92 Å². The quantitative estimate of drug-likeness (QED) is 0.879. The number of pyridine rings is 1. The summed E-state index contributed by atoms with van der Waals surface area (Å²) in [5.41, 5.74) is 2.46. The first-order chi connectivity index (χ1) is 10.5. The Hall–Kier alpha value is -1.62. The van der Waals surface area contributed by atoms with E-state index in [1.807, 2.05) is 19.2 Å². The molecule has 0 fully saturated rings. The van der Waals surface area contributed by atoms with Crippen molar-refractivity contribution in [2.45, 2.75) is 13.5 Å². The predicted molar refractivity (Wildman–Crippen MR) is 89.5 cm³/mol. The minimum Gasteiger partial charge on any atom is -0.326 e. The zero-order chi connectivity index (χ0) is 16.1. The number of hydrogen-bond acceptors (Lipinski definition) is 2. The third kappa shape index (κ3) is 4.70. The van der Waals surface area contributed by atoms with Gasteiger partial charge in [0, 0.05) is 11.8 Å². The summed E-state index contributed by atoms with van der Waals surface area (Å²) < 4.78 is 0. The lowest BCUT2D eigenvalue weighted by atomic mass is 10.1. The number of aryl methyl sites for hydroxylation is 1. The lowest BCUT2D eigenvalue weighted by molar-refractivity contribution is -0.885. The van der Waals surface area contributed by atoms with Gasteiger partial charge in [-0.05, 0) is 18.6 Å². The molecule has 1 heterocycles. The van der Waals surface area contributed by atoms with E-state index in [0.717, 1.165) is 11.4 Å². The van der Waals surface area contributed by atoms with Gasteiger partial charge in [0.2, 0.25) is 0 Å². The number of rotatable bonds is 5. The molecule has 1 aromatic heterocycles. The van der Waals surface area contributed by atoms with E-state index in [0.29, 0.717) is 22.4 Å². The third-order valence-electron chi connectivity index (χ3n) is 3.28. The number of carbonyl (C=O) groups excluding carboxylic acids is 1.